The molecule has 1 nitrogen and oxygen atoms in total. The van der Waals surface area contributed by atoms with Crippen LogP contribution < -0.4 is 0 Å². The molecule has 0 bridgehead atoms. The van der Waals surface area contributed by atoms with Crippen molar-refractivity contribution in [3.05, 3.63) is 35.4 Å². The van der Waals surface area contributed by atoms with Crippen LogP contribution in [0.15, 0.2) is 24.3 Å². The van der Waals surface area contributed by atoms with Gasteiger partial charge in [0.25, 0.3) is 0 Å². The fourth-order valence-electron chi connectivity index (χ4n) is 1.65. The second-order valence-electron chi connectivity index (χ2n) is 4.18. The first-order valence-corrected chi connectivity index (χ1v) is 5.71. The third kappa shape index (κ3) is 4.96. The minimum Gasteiger partial charge on any atom is -0.301 e. The van der Waals surface area contributed by atoms with E-state index in [-0.39, 0.29) is 5.38 Å². The molecule has 0 spiro atoms. The highest BCUT2D eigenvalue weighted by molar-refractivity contribution is 6.20. The Balaban J connectivity index is 2.72. The van der Waals surface area contributed by atoms with Gasteiger partial charge in [0, 0.05) is 18.5 Å². The van der Waals surface area contributed by atoms with Crippen molar-refractivity contribution in [1.29, 1.82) is 0 Å². The molecule has 1 rings (SSSR count). The lowest BCUT2D eigenvalue weighted by Crippen LogP contribution is -2.24. The van der Waals surface area contributed by atoms with E-state index in [0.717, 1.165) is 6.07 Å². The van der Waals surface area contributed by atoms with Crippen molar-refractivity contribution in [1.82, 2.24) is 4.90 Å². The van der Waals surface area contributed by atoms with Crippen molar-refractivity contribution in [3.63, 3.8) is 0 Å². The van der Waals surface area contributed by atoms with Crippen LogP contribution in [0.3, 0.4) is 0 Å². The molecule has 17 heavy (non-hydrogen) atoms. The summed E-state index contributed by atoms with van der Waals surface area (Å²) >= 11 is 5.82. The largest absolute Gasteiger partial charge is 0.416 e. The molecule has 0 aliphatic carbocycles. The molecule has 0 aromatic heterocycles. The van der Waals surface area contributed by atoms with Gasteiger partial charge in [-0.25, -0.2) is 0 Å². The lowest BCUT2D eigenvalue weighted by Gasteiger charge is -2.18. The normalized spacial score (nSPS) is 14.1. The molecule has 0 aliphatic rings. The molecule has 0 saturated heterocycles. The predicted octanol–water partition coefficient (Wildman–Crippen LogP) is 3.76. The molecular weight excluding hydrogens is 251 g/mol. The van der Waals surface area contributed by atoms with E-state index in [1.165, 1.54) is 12.1 Å². The summed E-state index contributed by atoms with van der Waals surface area (Å²) in [5, 5.41) is -0.0224. The Labute approximate surface area is 104 Å². The highest BCUT2D eigenvalue weighted by Gasteiger charge is 2.30. The van der Waals surface area contributed by atoms with Crippen molar-refractivity contribution in [2.45, 2.75) is 25.0 Å². The number of benzene rings is 1. The first-order chi connectivity index (χ1) is 7.79. The third-order valence-corrected chi connectivity index (χ3v) is 2.41. The van der Waals surface area contributed by atoms with Crippen LogP contribution in [0.25, 0.3) is 0 Å². The molecule has 0 aliphatic heterocycles. The number of alkyl halides is 4. The maximum absolute atomic E-state index is 12.5. The smallest absolute Gasteiger partial charge is 0.301 e. The summed E-state index contributed by atoms with van der Waals surface area (Å²) in [5.74, 6) is 0. The minimum atomic E-state index is -4.28. The van der Waals surface area contributed by atoms with Crippen molar-refractivity contribution in [2.24, 2.45) is 0 Å². The van der Waals surface area contributed by atoms with Crippen LogP contribution in [0.5, 0.6) is 0 Å². The number of rotatable bonds is 4. The SMILES string of the molecule is CC(Cl)CN(C)Cc1cccc(C(F)(F)F)c1. The van der Waals surface area contributed by atoms with Gasteiger partial charge in [-0.1, -0.05) is 18.2 Å². The van der Waals surface area contributed by atoms with E-state index in [9.17, 15) is 13.2 Å². The van der Waals surface area contributed by atoms with Crippen molar-refractivity contribution in [3.8, 4) is 0 Å². The monoisotopic (exact) mass is 265 g/mol. The summed E-state index contributed by atoms with van der Waals surface area (Å²) in [6.07, 6.45) is -4.28. The Bertz CT molecular complexity index is 363. The zero-order chi connectivity index (χ0) is 13.1. The van der Waals surface area contributed by atoms with E-state index in [1.807, 2.05) is 18.9 Å². The maximum atomic E-state index is 12.5. The maximum Gasteiger partial charge on any atom is 0.416 e. The van der Waals surface area contributed by atoms with Crippen LogP contribution in [-0.2, 0) is 12.7 Å². The average molecular weight is 266 g/mol. The van der Waals surface area contributed by atoms with Crippen LogP contribution in [0.4, 0.5) is 13.2 Å². The summed E-state index contributed by atoms with van der Waals surface area (Å²) in [6.45, 7) is 2.95. The van der Waals surface area contributed by atoms with Crippen molar-refractivity contribution in [2.75, 3.05) is 13.6 Å². The van der Waals surface area contributed by atoms with Crippen molar-refractivity contribution >= 4 is 11.6 Å². The van der Waals surface area contributed by atoms with Crippen LogP contribution in [-0.4, -0.2) is 23.9 Å². The second-order valence-corrected chi connectivity index (χ2v) is 4.92. The molecule has 1 aromatic carbocycles. The molecule has 1 aromatic rings. The second kappa shape index (κ2) is 5.74. The number of halogens is 4. The first kappa shape index (κ1) is 14.3. The van der Waals surface area contributed by atoms with Gasteiger partial charge in [0.05, 0.1) is 5.56 Å². The van der Waals surface area contributed by atoms with Gasteiger partial charge in [0.2, 0.25) is 0 Å². The van der Waals surface area contributed by atoms with Gasteiger partial charge in [-0.3, -0.25) is 0 Å². The van der Waals surface area contributed by atoms with Gasteiger partial charge < -0.3 is 4.90 Å². The molecule has 0 amide bonds. The molecule has 1 atom stereocenters. The fourth-order valence-corrected chi connectivity index (χ4v) is 1.89. The van der Waals surface area contributed by atoms with E-state index in [0.29, 0.717) is 18.7 Å². The van der Waals surface area contributed by atoms with Crippen LogP contribution in [0.2, 0.25) is 0 Å². The molecule has 0 fully saturated rings. The molecule has 96 valence electrons. The molecule has 0 saturated carbocycles. The van der Waals surface area contributed by atoms with Gasteiger partial charge in [-0.2, -0.15) is 13.2 Å². The summed E-state index contributed by atoms with van der Waals surface area (Å²) in [5.41, 5.74) is 0.0296. The minimum absolute atomic E-state index is 0.0224. The lowest BCUT2D eigenvalue weighted by molar-refractivity contribution is -0.137. The van der Waals surface area contributed by atoms with Gasteiger partial charge in [0.15, 0.2) is 0 Å². The molecule has 0 N–H and O–H groups in total. The predicted molar refractivity (Wildman–Crippen MR) is 63.1 cm³/mol. The summed E-state index contributed by atoms with van der Waals surface area (Å²) in [7, 11) is 1.83. The van der Waals surface area contributed by atoms with Gasteiger partial charge in [0.1, 0.15) is 0 Å². The number of nitrogens with zero attached hydrogens (tertiary/aromatic N) is 1. The van der Waals surface area contributed by atoms with Gasteiger partial charge in [-0.15, -0.1) is 11.6 Å². The van der Waals surface area contributed by atoms with E-state index in [4.69, 9.17) is 11.6 Å². The third-order valence-electron chi connectivity index (χ3n) is 2.27. The van der Waals surface area contributed by atoms with E-state index in [1.54, 1.807) is 6.07 Å². The molecule has 5 heteroatoms. The highest BCUT2D eigenvalue weighted by Crippen LogP contribution is 2.29. The number of hydrogen-bond acceptors (Lipinski definition) is 1. The van der Waals surface area contributed by atoms with Crippen LogP contribution in [0.1, 0.15) is 18.1 Å². The molecule has 1 unspecified atom stereocenters. The molecule has 0 radical (unpaired) electrons. The zero-order valence-electron chi connectivity index (χ0n) is 9.76. The number of hydrogen-bond donors (Lipinski definition) is 0. The Morgan fingerprint density at radius 2 is 2.00 bits per heavy atom. The molecule has 0 heterocycles. The average Bonchev–Trinajstić information content (AvgIpc) is 2.15. The van der Waals surface area contributed by atoms with Gasteiger partial charge in [-0.05, 0) is 25.6 Å². The summed E-state index contributed by atoms with van der Waals surface area (Å²) in [6, 6.07) is 5.36. The summed E-state index contributed by atoms with van der Waals surface area (Å²) in [4.78, 5) is 1.90. The zero-order valence-corrected chi connectivity index (χ0v) is 10.5. The highest BCUT2D eigenvalue weighted by atomic mass is 35.5. The van der Waals surface area contributed by atoms with Crippen molar-refractivity contribution < 1.29 is 13.2 Å². The van der Waals surface area contributed by atoms with Gasteiger partial charge >= 0.3 is 6.18 Å². The first-order valence-electron chi connectivity index (χ1n) is 5.28. The topological polar surface area (TPSA) is 3.24 Å². The van der Waals surface area contributed by atoms with Crippen LogP contribution >= 0.6 is 11.6 Å². The lowest BCUT2D eigenvalue weighted by atomic mass is 10.1. The quantitative estimate of drug-likeness (QED) is 0.749. The molecular formula is C12H15ClF3N. The fraction of sp³-hybridized carbons (Fsp3) is 0.500. The van der Waals surface area contributed by atoms with E-state index in [2.05, 4.69) is 0 Å². The Morgan fingerprint density at radius 3 is 2.53 bits per heavy atom. The Morgan fingerprint density at radius 1 is 1.35 bits per heavy atom. The Kier molecular flexibility index (Phi) is 4.83. The van der Waals surface area contributed by atoms with Crippen LogP contribution in [0, 0.1) is 0 Å². The van der Waals surface area contributed by atoms with E-state index < -0.39 is 11.7 Å². The summed E-state index contributed by atoms with van der Waals surface area (Å²) < 4.78 is 37.4. The van der Waals surface area contributed by atoms with E-state index >= 15 is 0 Å². The Hall–Kier alpha value is -0.740. The standard InChI is InChI=1S/C12H15ClF3N/c1-9(13)7-17(2)8-10-4-3-5-11(6-10)12(14,15)16/h3-6,9H,7-8H2,1-2H3.